The Morgan fingerprint density at radius 1 is 1.11 bits per heavy atom. The van der Waals surface area contributed by atoms with Crippen LogP contribution in [0.1, 0.15) is 5.76 Å². The van der Waals surface area contributed by atoms with Crippen molar-refractivity contribution in [2.75, 3.05) is 6.61 Å². The predicted octanol–water partition coefficient (Wildman–Crippen LogP) is 4.20. The van der Waals surface area contributed by atoms with E-state index in [-0.39, 0.29) is 24.6 Å². The summed E-state index contributed by atoms with van der Waals surface area (Å²) in [6.45, 7) is -0.164. The quantitative estimate of drug-likeness (QED) is 0.485. The van der Waals surface area contributed by atoms with Gasteiger partial charge in [0.2, 0.25) is 0 Å². The van der Waals surface area contributed by atoms with E-state index in [0.717, 1.165) is 5.56 Å². The summed E-state index contributed by atoms with van der Waals surface area (Å²) in [4.78, 5) is 22.3. The van der Waals surface area contributed by atoms with Crippen LogP contribution in [0.4, 0.5) is 5.69 Å². The lowest BCUT2D eigenvalue weighted by molar-refractivity contribution is -0.385. The Labute approximate surface area is 159 Å². The summed E-state index contributed by atoms with van der Waals surface area (Å²) in [6, 6.07) is 16.6. The maximum Gasteiger partial charge on any atom is 0.310 e. The number of rotatable bonds is 7. The number of para-hydroxylation sites is 2. The van der Waals surface area contributed by atoms with Crippen LogP contribution in [0.5, 0.6) is 5.75 Å². The fourth-order valence-electron chi connectivity index (χ4n) is 2.35. The van der Waals surface area contributed by atoms with Gasteiger partial charge in [-0.3, -0.25) is 14.9 Å². The number of furan rings is 1. The highest BCUT2D eigenvalue weighted by atomic mass is 35.5. The Balaban J connectivity index is 1.53. The van der Waals surface area contributed by atoms with Crippen molar-refractivity contribution in [1.82, 2.24) is 5.32 Å². The van der Waals surface area contributed by atoms with Crippen molar-refractivity contribution in [3.8, 4) is 17.1 Å². The molecule has 27 heavy (non-hydrogen) atoms. The summed E-state index contributed by atoms with van der Waals surface area (Å²) in [6.07, 6.45) is 0. The van der Waals surface area contributed by atoms with Gasteiger partial charge >= 0.3 is 5.69 Å². The van der Waals surface area contributed by atoms with Crippen molar-refractivity contribution < 1.29 is 18.9 Å². The number of nitro groups is 1. The topological polar surface area (TPSA) is 94.6 Å². The molecule has 138 valence electrons. The minimum absolute atomic E-state index is 0.0423. The van der Waals surface area contributed by atoms with Gasteiger partial charge in [-0.25, -0.2) is 0 Å². The van der Waals surface area contributed by atoms with Gasteiger partial charge < -0.3 is 14.5 Å². The predicted molar refractivity (Wildman–Crippen MR) is 99.6 cm³/mol. The molecule has 0 aliphatic rings. The fraction of sp³-hybridized carbons (Fsp3) is 0.105. The normalized spacial score (nSPS) is 10.4. The average Bonchev–Trinajstić information content (AvgIpc) is 3.14. The van der Waals surface area contributed by atoms with Gasteiger partial charge in [0.15, 0.2) is 12.4 Å². The summed E-state index contributed by atoms with van der Waals surface area (Å²) in [5, 5.41) is 14.2. The second-order valence-electron chi connectivity index (χ2n) is 5.56. The Kier molecular flexibility index (Phi) is 5.73. The number of ether oxygens (including phenoxy) is 1. The molecule has 2 aromatic carbocycles. The van der Waals surface area contributed by atoms with Crippen molar-refractivity contribution in [1.29, 1.82) is 0 Å². The monoisotopic (exact) mass is 386 g/mol. The van der Waals surface area contributed by atoms with E-state index in [1.165, 1.54) is 18.2 Å². The summed E-state index contributed by atoms with van der Waals surface area (Å²) in [7, 11) is 0. The van der Waals surface area contributed by atoms with E-state index in [1.54, 1.807) is 30.3 Å². The molecule has 0 saturated carbocycles. The molecule has 0 radical (unpaired) electrons. The van der Waals surface area contributed by atoms with Crippen LogP contribution in [0.2, 0.25) is 5.02 Å². The minimum Gasteiger partial charge on any atom is -0.477 e. The highest BCUT2D eigenvalue weighted by molar-refractivity contribution is 6.30. The third-order valence-corrected chi connectivity index (χ3v) is 3.92. The number of hydrogen-bond donors (Lipinski definition) is 1. The van der Waals surface area contributed by atoms with Crippen LogP contribution in [-0.2, 0) is 11.3 Å². The van der Waals surface area contributed by atoms with Gasteiger partial charge in [0.1, 0.15) is 11.5 Å². The third kappa shape index (κ3) is 4.86. The summed E-state index contributed by atoms with van der Waals surface area (Å²) in [5.41, 5.74) is 0.681. The molecule has 1 N–H and O–H groups in total. The van der Waals surface area contributed by atoms with E-state index in [4.69, 9.17) is 20.8 Å². The van der Waals surface area contributed by atoms with E-state index in [2.05, 4.69) is 5.32 Å². The molecule has 3 aromatic rings. The number of nitrogens with zero attached hydrogens (tertiary/aromatic N) is 1. The number of nitrogens with one attached hydrogen (secondary N) is 1. The van der Waals surface area contributed by atoms with Crippen molar-refractivity contribution >= 4 is 23.2 Å². The molecule has 0 aliphatic heterocycles. The number of nitro benzene ring substituents is 1. The minimum atomic E-state index is -0.561. The van der Waals surface area contributed by atoms with Gasteiger partial charge in [-0.1, -0.05) is 23.7 Å². The first-order chi connectivity index (χ1) is 13.0. The molecular formula is C19H15ClN2O5. The van der Waals surface area contributed by atoms with Crippen LogP contribution < -0.4 is 10.1 Å². The smallest absolute Gasteiger partial charge is 0.310 e. The highest BCUT2D eigenvalue weighted by Gasteiger charge is 2.15. The molecule has 8 heteroatoms. The molecule has 3 rings (SSSR count). The highest BCUT2D eigenvalue weighted by Crippen LogP contribution is 2.26. The van der Waals surface area contributed by atoms with Gasteiger partial charge in [-0.2, -0.15) is 0 Å². The zero-order valence-electron chi connectivity index (χ0n) is 14.1. The largest absolute Gasteiger partial charge is 0.477 e. The molecule has 1 heterocycles. The average molecular weight is 387 g/mol. The van der Waals surface area contributed by atoms with Gasteiger partial charge in [0.05, 0.1) is 11.5 Å². The maximum atomic E-state index is 11.9. The number of carbonyl (C=O) groups is 1. The Bertz CT molecular complexity index is 953. The molecule has 0 saturated heterocycles. The van der Waals surface area contributed by atoms with Crippen LogP contribution in [-0.4, -0.2) is 17.4 Å². The lowest BCUT2D eigenvalue weighted by Gasteiger charge is -2.07. The van der Waals surface area contributed by atoms with Crippen molar-refractivity contribution in [2.24, 2.45) is 0 Å². The fourth-order valence-corrected chi connectivity index (χ4v) is 2.48. The number of amides is 1. The first kappa shape index (κ1) is 18.5. The van der Waals surface area contributed by atoms with Gasteiger partial charge in [0.25, 0.3) is 5.91 Å². The third-order valence-electron chi connectivity index (χ3n) is 3.67. The molecule has 0 aliphatic carbocycles. The molecule has 1 amide bonds. The molecule has 0 spiro atoms. The Morgan fingerprint density at radius 2 is 1.85 bits per heavy atom. The Morgan fingerprint density at radius 3 is 2.59 bits per heavy atom. The van der Waals surface area contributed by atoms with Crippen LogP contribution >= 0.6 is 11.6 Å². The second-order valence-corrected chi connectivity index (χ2v) is 6.00. The van der Waals surface area contributed by atoms with Gasteiger partial charge in [0, 0.05) is 16.7 Å². The number of halogens is 1. The van der Waals surface area contributed by atoms with Crippen LogP contribution in [0.25, 0.3) is 11.3 Å². The van der Waals surface area contributed by atoms with Crippen LogP contribution in [0.15, 0.2) is 65.1 Å². The summed E-state index contributed by atoms with van der Waals surface area (Å²) in [5.74, 6) is 0.851. The first-order valence-corrected chi connectivity index (χ1v) is 8.38. The maximum absolute atomic E-state index is 11.9. The standard InChI is InChI=1S/C19H15ClN2O5/c20-14-7-5-13(6-8-14)17-10-9-15(27-17)11-21-19(23)12-26-18-4-2-1-3-16(18)22(24)25/h1-10H,11-12H2,(H,21,23). The van der Waals surface area contributed by atoms with Crippen LogP contribution in [0, 0.1) is 10.1 Å². The van der Waals surface area contributed by atoms with Crippen LogP contribution in [0.3, 0.4) is 0 Å². The van der Waals surface area contributed by atoms with Crippen molar-refractivity contribution in [3.63, 3.8) is 0 Å². The lowest BCUT2D eigenvalue weighted by Crippen LogP contribution is -2.28. The van der Waals surface area contributed by atoms with Gasteiger partial charge in [-0.05, 0) is 42.5 Å². The molecular weight excluding hydrogens is 372 g/mol. The van der Waals surface area contributed by atoms with E-state index in [9.17, 15) is 14.9 Å². The van der Waals surface area contributed by atoms with E-state index < -0.39 is 10.8 Å². The zero-order valence-corrected chi connectivity index (χ0v) is 14.8. The molecule has 1 aromatic heterocycles. The Hall–Kier alpha value is -3.32. The number of hydrogen-bond acceptors (Lipinski definition) is 5. The van der Waals surface area contributed by atoms with Crippen molar-refractivity contribution in [2.45, 2.75) is 6.54 Å². The lowest BCUT2D eigenvalue weighted by atomic mass is 10.2. The SMILES string of the molecule is O=C(COc1ccccc1[N+](=O)[O-])NCc1ccc(-c2ccc(Cl)cc2)o1. The number of carbonyl (C=O) groups excluding carboxylic acids is 1. The molecule has 7 nitrogen and oxygen atoms in total. The van der Waals surface area contributed by atoms with E-state index in [1.807, 2.05) is 12.1 Å². The summed E-state index contributed by atoms with van der Waals surface area (Å²) < 4.78 is 10.9. The molecule has 0 bridgehead atoms. The van der Waals surface area contributed by atoms with E-state index >= 15 is 0 Å². The first-order valence-electron chi connectivity index (χ1n) is 8.00. The number of benzene rings is 2. The van der Waals surface area contributed by atoms with Gasteiger partial charge in [-0.15, -0.1) is 0 Å². The second kappa shape index (κ2) is 8.37. The molecule has 0 fully saturated rings. The molecule has 0 atom stereocenters. The summed E-state index contributed by atoms with van der Waals surface area (Å²) >= 11 is 5.86. The zero-order chi connectivity index (χ0) is 19.2. The molecule has 0 unspecified atom stereocenters. The van der Waals surface area contributed by atoms with Crippen molar-refractivity contribution in [3.05, 3.63) is 81.6 Å². The van der Waals surface area contributed by atoms with E-state index in [0.29, 0.717) is 16.5 Å².